The summed E-state index contributed by atoms with van der Waals surface area (Å²) in [7, 11) is 0. The van der Waals surface area contributed by atoms with Gasteiger partial charge in [0.05, 0.1) is 0 Å². The normalized spacial score (nSPS) is 20.8. The molecule has 7 heteroatoms. The van der Waals surface area contributed by atoms with E-state index in [-0.39, 0.29) is 17.8 Å². The van der Waals surface area contributed by atoms with Crippen LogP contribution in [0, 0.1) is 12.8 Å². The van der Waals surface area contributed by atoms with Crippen molar-refractivity contribution in [1.82, 2.24) is 15.2 Å². The molecule has 0 radical (unpaired) electrons. The fourth-order valence-corrected chi connectivity index (χ4v) is 3.77. The van der Waals surface area contributed by atoms with Crippen LogP contribution in [0.2, 0.25) is 0 Å². The summed E-state index contributed by atoms with van der Waals surface area (Å²) in [5, 5.41) is 9.86. The van der Waals surface area contributed by atoms with Gasteiger partial charge < -0.3 is 20.3 Å². The van der Waals surface area contributed by atoms with E-state index in [0.29, 0.717) is 23.9 Å². The lowest BCUT2D eigenvalue weighted by atomic mass is 10.1. The number of H-pyrrole nitrogens is 1. The van der Waals surface area contributed by atoms with Gasteiger partial charge in [0, 0.05) is 37.0 Å². The van der Waals surface area contributed by atoms with Gasteiger partial charge in [-0.15, -0.1) is 0 Å². The molecule has 25 heavy (non-hydrogen) atoms. The van der Waals surface area contributed by atoms with E-state index in [2.05, 4.69) is 15.2 Å². The number of pyridine rings is 1. The summed E-state index contributed by atoms with van der Waals surface area (Å²) >= 11 is 0. The van der Waals surface area contributed by atoms with Crippen LogP contribution in [0.4, 0.5) is 0 Å². The average molecular weight is 349 g/mol. The van der Waals surface area contributed by atoms with Crippen molar-refractivity contribution >= 4 is 12.4 Å². The second-order valence-corrected chi connectivity index (χ2v) is 6.82. The number of carboxylic acid groups (broad SMARTS) is 1. The second-order valence-electron chi connectivity index (χ2n) is 6.82. The standard InChI is InChI=1S/C17H25N3O2.CH2O2/c1-12-8-15(21)9-16(19-12)17(22)18-10-13-6-7-20(11-13)14-4-2-3-5-14;2-1-3/h8-9,13-14H,2-7,10-11H2,1H3,(H,18,22)(H,19,21);1H,(H,2,3). The summed E-state index contributed by atoms with van der Waals surface area (Å²) in [5.74, 6) is 0.348. The molecule has 1 aliphatic heterocycles. The van der Waals surface area contributed by atoms with Crippen LogP contribution in [0.25, 0.3) is 0 Å². The van der Waals surface area contributed by atoms with Gasteiger partial charge in [0.1, 0.15) is 5.69 Å². The largest absolute Gasteiger partial charge is 0.483 e. The third-order valence-corrected chi connectivity index (χ3v) is 4.93. The first-order valence-electron chi connectivity index (χ1n) is 8.84. The highest BCUT2D eigenvalue weighted by atomic mass is 16.3. The summed E-state index contributed by atoms with van der Waals surface area (Å²) in [4.78, 5) is 37.5. The Balaban J connectivity index is 0.000000701. The van der Waals surface area contributed by atoms with Gasteiger partial charge in [-0.05, 0) is 38.6 Å². The molecule has 2 aliphatic rings. The highest BCUT2D eigenvalue weighted by Crippen LogP contribution is 2.28. The molecule has 1 atom stereocenters. The monoisotopic (exact) mass is 349 g/mol. The summed E-state index contributed by atoms with van der Waals surface area (Å²) in [6, 6.07) is 3.63. The van der Waals surface area contributed by atoms with Crippen molar-refractivity contribution in [2.24, 2.45) is 5.92 Å². The van der Waals surface area contributed by atoms with E-state index in [1.165, 1.54) is 37.8 Å². The van der Waals surface area contributed by atoms with Gasteiger partial charge in [0.15, 0.2) is 5.43 Å². The number of hydrogen-bond acceptors (Lipinski definition) is 4. The molecule has 2 heterocycles. The predicted molar refractivity (Wildman–Crippen MR) is 94.8 cm³/mol. The number of aromatic amines is 1. The molecule has 0 aromatic carbocycles. The van der Waals surface area contributed by atoms with E-state index >= 15 is 0 Å². The van der Waals surface area contributed by atoms with E-state index in [9.17, 15) is 9.59 Å². The minimum Gasteiger partial charge on any atom is -0.483 e. The van der Waals surface area contributed by atoms with Crippen LogP contribution in [-0.2, 0) is 4.79 Å². The molecule has 0 spiro atoms. The highest BCUT2D eigenvalue weighted by Gasteiger charge is 2.29. The van der Waals surface area contributed by atoms with E-state index in [4.69, 9.17) is 9.90 Å². The second kappa shape index (κ2) is 9.36. The summed E-state index contributed by atoms with van der Waals surface area (Å²) in [6.07, 6.45) is 6.56. The molecule has 1 saturated heterocycles. The Bertz CT molecular complexity index is 637. The van der Waals surface area contributed by atoms with Crippen LogP contribution in [0.1, 0.15) is 48.3 Å². The van der Waals surface area contributed by atoms with E-state index in [1.54, 1.807) is 6.92 Å². The predicted octanol–water partition coefficient (Wildman–Crippen LogP) is 1.38. The van der Waals surface area contributed by atoms with Crippen molar-refractivity contribution < 1.29 is 14.7 Å². The molecule has 1 aliphatic carbocycles. The Kier molecular flexibility index (Phi) is 7.18. The quantitative estimate of drug-likeness (QED) is 0.713. The lowest BCUT2D eigenvalue weighted by Gasteiger charge is -2.23. The van der Waals surface area contributed by atoms with Gasteiger partial charge in [-0.3, -0.25) is 14.4 Å². The van der Waals surface area contributed by atoms with Crippen LogP contribution in [0.15, 0.2) is 16.9 Å². The average Bonchev–Trinajstić information content (AvgIpc) is 3.23. The minimum absolute atomic E-state index is 0.130. The zero-order chi connectivity index (χ0) is 18.2. The number of carbonyl (C=O) groups excluding carboxylic acids is 1. The summed E-state index contributed by atoms with van der Waals surface area (Å²) in [6.45, 7) is 4.48. The first-order chi connectivity index (χ1) is 12.0. The maximum atomic E-state index is 12.1. The molecule has 1 saturated carbocycles. The number of carbonyl (C=O) groups is 2. The number of aromatic nitrogens is 1. The van der Waals surface area contributed by atoms with Crippen molar-refractivity contribution in [1.29, 1.82) is 0 Å². The minimum atomic E-state index is -0.250. The molecule has 3 N–H and O–H groups in total. The van der Waals surface area contributed by atoms with Gasteiger partial charge in [-0.2, -0.15) is 0 Å². The van der Waals surface area contributed by atoms with Crippen molar-refractivity contribution in [2.45, 2.75) is 45.1 Å². The summed E-state index contributed by atoms with van der Waals surface area (Å²) in [5.41, 5.74) is 0.941. The van der Waals surface area contributed by atoms with Crippen molar-refractivity contribution in [3.63, 3.8) is 0 Å². The number of nitrogens with zero attached hydrogens (tertiary/aromatic N) is 1. The molecule has 1 unspecified atom stereocenters. The Hall–Kier alpha value is -2.15. The Morgan fingerprint density at radius 3 is 2.68 bits per heavy atom. The van der Waals surface area contributed by atoms with Gasteiger partial charge >= 0.3 is 0 Å². The molecule has 1 amide bonds. The Morgan fingerprint density at radius 1 is 1.36 bits per heavy atom. The molecule has 7 nitrogen and oxygen atoms in total. The smallest absolute Gasteiger partial charge is 0.290 e. The number of hydrogen-bond donors (Lipinski definition) is 3. The van der Waals surface area contributed by atoms with Crippen LogP contribution in [0.3, 0.4) is 0 Å². The van der Waals surface area contributed by atoms with Crippen LogP contribution < -0.4 is 10.7 Å². The molecule has 1 aromatic rings. The number of nitrogens with one attached hydrogen (secondary N) is 2. The van der Waals surface area contributed by atoms with Gasteiger partial charge in [-0.1, -0.05) is 12.8 Å². The van der Waals surface area contributed by atoms with Gasteiger partial charge in [0.25, 0.3) is 12.4 Å². The molecule has 3 rings (SSSR count). The molecular weight excluding hydrogens is 322 g/mol. The van der Waals surface area contributed by atoms with Crippen LogP contribution in [0.5, 0.6) is 0 Å². The van der Waals surface area contributed by atoms with E-state index < -0.39 is 0 Å². The maximum Gasteiger partial charge on any atom is 0.290 e. The molecule has 2 fully saturated rings. The van der Waals surface area contributed by atoms with Crippen LogP contribution in [-0.4, -0.2) is 53.0 Å². The third-order valence-electron chi connectivity index (χ3n) is 4.93. The zero-order valence-corrected chi connectivity index (χ0v) is 14.7. The molecule has 138 valence electrons. The first kappa shape index (κ1) is 19.2. The van der Waals surface area contributed by atoms with Crippen LogP contribution >= 0.6 is 0 Å². The number of amides is 1. The maximum absolute atomic E-state index is 12.1. The Morgan fingerprint density at radius 2 is 2.04 bits per heavy atom. The van der Waals surface area contributed by atoms with E-state index in [0.717, 1.165) is 25.6 Å². The zero-order valence-electron chi connectivity index (χ0n) is 14.7. The van der Waals surface area contributed by atoms with Crippen molar-refractivity contribution in [3.05, 3.63) is 33.7 Å². The fraction of sp³-hybridized carbons (Fsp3) is 0.611. The number of aryl methyl sites for hydroxylation is 1. The lowest BCUT2D eigenvalue weighted by Crippen LogP contribution is -2.34. The highest BCUT2D eigenvalue weighted by molar-refractivity contribution is 5.92. The fourth-order valence-electron chi connectivity index (χ4n) is 3.77. The molecule has 0 bridgehead atoms. The molecule has 1 aromatic heterocycles. The number of rotatable bonds is 4. The first-order valence-corrected chi connectivity index (χ1v) is 8.84. The van der Waals surface area contributed by atoms with Gasteiger partial charge in [-0.25, -0.2) is 0 Å². The van der Waals surface area contributed by atoms with Crippen molar-refractivity contribution in [3.8, 4) is 0 Å². The van der Waals surface area contributed by atoms with E-state index in [1.807, 2.05) is 0 Å². The molecular formula is C18H27N3O4. The lowest BCUT2D eigenvalue weighted by molar-refractivity contribution is -0.122. The third kappa shape index (κ3) is 5.70. The Labute approximate surface area is 147 Å². The van der Waals surface area contributed by atoms with Gasteiger partial charge in [0.2, 0.25) is 0 Å². The SMILES string of the molecule is Cc1cc(=O)cc(C(=O)NCC2CCN(C3CCCC3)C2)[nH]1.O=CO. The summed E-state index contributed by atoms with van der Waals surface area (Å²) < 4.78 is 0. The van der Waals surface area contributed by atoms with Crippen molar-refractivity contribution in [2.75, 3.05) is 19.6 Å². The topological polar surface area (TPSA) is 103 Å². The number of likely N-dealkylation sites (tertiary alicyclic amines) is 1.